The summed E-state index contributed by atoms with van der Waals surface area (Å²) < 4.78 is 38.7. The molecule has 4 atom stereocenters. The number of aromatic hydroxyl groups is 1. The number of thiophene rings is 1. The number of aliphatic hydroxyl groups is 1. The maximum absolute atomic E-state index is 14.0. The second-order valence-corrected chi connectivity index (χ2v) is 20.4. The third-order valence-electron chi connectivity index (χ3n) is 12.2. The number of nitrogens with zero attached hydrogens (tertiary/aromatic N) is 3. The number of nitrogens with one attached hydrogen (secondary N) is 2. The fraction of sp³-hybridized carbons (Fsp3) is 0.385. The third-order valence-corrected chi connectivity index (χ3v) is 14.4. The van der Waals surface area contributed by atoms with Crippen LogP contribution < -0.4 is 20.1 Å². The number of aryl methyl sites for hydroxylation is 1. The van der Waals surface area contributed by atoms with Gasteiger partial charge in [0.2, 0.25) is 17.7 Å². The Morgan fingerprint density at radius 3 is 2.36 bits per heavy atom. The lowest BCUT2D eigenvalue weighted by molar-refractivity contribution is -0.144. The second kappa shape index (κ2) is 22.2. The first kappa shape index (κ1) is 49.5. The topological polar surface area (TPSA) is 172 Å². The monoisotopic (exact) mass is 979 g/mol. The zero-order valence-electron chi connectivity index (χ0n) is 39.1. The second-order valence-electron chi connectivity index (χ2n) is 18.4. The van der Waals surface area contributed by atoms with Gasteiger partial charge in [-0.25, -0.2) is 9.37 Å². The van der Waals surface area contributed by atoms with E-state index in [4.69, 9.17) is 18.9 Å². The van der Waals surface area contributed by atoms with Gasteiger partial charge in [-0.15, -0.1) is 22.7 Å². The van der Waals surface area contributed by atoms with Crippen LogP contribution in [0.1, 0.15) is 44.9 Å². The molecule has 0 spiro atoms. The fourth-order valence-corrected chi connectivity index (χ4v) is 10.5. The molecule has 17 heteroatoms. The highest BCUT2D eigenvalue weighted by Gasteiger charge is 2.44. The number of β-amino-alcohol motifs (C(OH)–C–C–N with tert-alkyl or cyclic N) is 1. The van der Waals surface area contributed by atoms with Crippen LogP contribution in [0.4, 0.5) is 4.39 Å². The molecule has 2 aromatic heterocycles. The maximum Gasteiger partial charge on any atom is 0.246 e. The molecule has 2 aliphatic rings. The first-order valence-corrected chi connectivity index (χ1v) is 24.8. The summed E-state index contributed by atoms with van der Waals surface area (Å²) in [5, 5.41) is 27.3. The zero-order chi connectivity index (χ0) is 48.7. The zero-order valence-corrected chi connectivity index (χ0v) is 40.7. The maximum atomic E-state index is 14.0. The van der Waals surface area contributed by atoms with Crippen molar-refractivity contribution in [1.82, 2.24) is 25.4 Å². The van der Waals surface area contributed by atoms with E-state index in [1.165, 1.54) is 28.4 Å². The Morgan fingerprint density at radius 1 is 0.913 bits per heavy atom. The van der Waals surface area contributed by atoms with Crippen LogP contribution in [0.2, 0.25) is 0 Å². The van der Waals surface area contributed by atoms with Gasteiger partial charge < -0.3 is 44.7 Å². The standard InChI is InChI=1S/C52H58FN5O9S2/c1-32-47(68-31-55-32)34-7-5-33(6-8-34)27-54-50(62)43-25-38(60)28-58(43)51(63)49(52(2,3)4)56-45(61)30-64-23-24-66-41-19-20-57(29-41)21-22-65-39-14-16-40(17-15-39)67-46-42-18-13-37(59)26-44(42)69-48(46)35-9-11-36(53)12-10-35/h5-18,26,31,38,41,43,49,59-60H,19-25,27-30H2,1-4H3,(H,54,62)(H,56,61)/t38-,41+,43+,49-/m1/s1. The number of aliphatic hydroxyl groups excluding tert-OH is 1. The summed E-state index contributed by atoms with van der Waals surface area (Å²) >= 11 is 3.04. The summed E-state index contributed by atoms with van der Waals surface area (Å²) in [6.45, 7) is 10.7. The number of halogens is 1. The van der Waals surface area contributed by atoms with E-state index in [9.17, 15) is 29.0 Å². The molecule has 0 unspecified atom stereocenters. The fourth-order valence-electron chi connectivity index (χ4n) is 8.53. The number of hydrogen-bond donors (Lipinski definition) is 4. The van der Waals surface area contributed by atoms with Gasteiger partial charge in [-0.1, -0.05) is 57.2 Å². The number of hydrogen-bond acceptors (Lipinski definition) is 13. The van der Waals surface area contributed by atoms with Gasteiger partial charge in [0.1, 0.15) is 48.4 Å². The summed E-state index contributed by atoms with van der Waals surface area (Å²) in [6.07, 6.45) is 0.0881. The Hall–Kier alpha value is -5.95. The predicted octanol–water partition coefficient (Wildman–Crippen LogP) is 7.93. The number of carbonyl (C=O) groups excluding carboxylic acids is 3. The highest BCUT2D eigenvalue weighted by Crippen LogP contribution is 2.47. The molecule has 0 aliphatic carbocycles. The number of phenolic OH excluding ortho intramolecular Hbond substituents is 1. The van der Waals surface area contributed by atoms with Gasteiger partial charge in [0.05, 0.1) is 46.4 Å². The summed E-state index contributed by atoms with van der Waals surface area (Å²) in [5.74, 6) is 0.500. The summed E-state index contributed by atoms with van der Waals surface area (Å²) in [7, 11) is 0. The van der Waals surface area contributed by atoms with Gasteiger partial charge >= 0.3 is 0 Å². The van der Waals surface area contributed by atoms with Gasteiger partial charge in [0.25, 0.3) is 0 Å². The first-order valence-electron chi connectivity index (χ1n) is 23.1. The molecule has 4 N–H and O–H groups in total. The lowest BCUT2D eigenvalue weighted by Gasteiger charge is -2.35. The molecule has 4 aromatic carbocycles. The number of likely N-dealkylation sites (tertiary alicyclic amines) is 2. The number of amides is 3. The van der Waals surface area contributed by atoms with Crippen LogP contribution in [-0.2, 0) is 30.4 Å². The third kappa shape index (κ3) is 12.6. The molecule has 2 aliphatic heterocycles. The molecular weight excluding hydrogens is 922 g/mol. The molecule has 2 saturated heterocycles. The number of aromatic nitrogens is 1. The van der Waals surface area contributed by atoms with Crippen molar-refractivity contribution in [2.24, 2.45) is 5.41 Å². The van der Waals surface area contributed by atoms with Crippen molar-refractivity contribution >= 4 is 50.5 Å². The van der Waals surface area contributed by atoms with E-state index in [1.54, 1.807) is 35.6 Å². The molecule has 0 bridgehead atoms. The van der Waals surface area contributed by atoms with Gasteiger partial charge in [-0.3, -0.25) is 19.3 Å². The molecule has 364 valence electrons. The van der Waals surface area contributed by atoms with Crippen molar-refractivity contribution < 1.29 is 47.9 Å². The molecule has 14 nitrogen and oxygen atoms in total. The Morgan fingerprint density at radius 2 is 1.64 bits per heavy atom. The quantitative estimate of drug-likeness (QED) is 0.0581. The normalized spacial score (nSPS) is 17.8. The van der Waals surface area contributed by atoms with E-state index in [0.29, 0.717) is 37.0 Å². The lowest BCUT2D eigenvalue weighted by Crippen LogP contribution is -2.58. The van der Waals surface area contributed by atoms with Gasteiger partial charge in [-0.05, 0) is 90.0 Å². The molecule has 69 heavy (non-hydrogen) atoms. The van der Waals surface area contributed by atoms with Crippen LogP contribution in [-0.4, -0.2) is 120 Å². The average molecular weight is 980 g/mol. The number of fused-ring (bicyclic) bond motifs is 1. The minimum absolute atomic E-state index is 0.0127. The molecule has 0 radical (unpaired) electrons. The average Bonchev–Trinajstić information content (AvgIpc) is 4.14. The molecule has 3 amide bonds. The Kier molecular flexibility index (Phi) is 15.9. The number of carbonyl (C=O) groups is 3. The minimum atomic E-state index is -0.964. The largest absolute Gasteiger partial charge is 0.508 e. The van der Waals surface area contributed by atoms with Crippen molar-refractivity contribution in [3.8, 4) is 43.9 Å². The van der Waals surface area contributed by atoms with Crippen molar-refractivity contribution in [3.05, 3.63) is 114 Å². The Bertz CT molecular complexity index is 2710. The van der Waals surface area contributed by atoms with Crippen molar-refractivity contribution in [2.75, 3.05) is 52.6 Å². The van der Waals surface area contributed by atoms with E-state index >= 15 is 0 Å². The summed E-state index contributed by atoms with van der Waals surface area (Å²) in [6, 6.07) is 24.8. The molecule has 8 rings (SSSR count). The van der Waals surface area contributed by atoms with Crippen LogP contribution in [0.5, 0.6) is 23.0 Å². The Balaban J connectivity index is 0.732. The lowest BCUT2D eigenvalue weighted by atomic mass is 9.85. The highest BCUT2D eigenvalue weighted by molar-refractivity contribution is 7.22. The van der Waals surface area contributed by atoms with E-state index < -0.39 is 35.4 Å². The number of phenols is 1. The van der Waals surface area contributed by atoms with Gasteiger partial charge in [0, 0.05) is 49.2 Å². The molecule has 0 saturated carbocycles. The van der Waals surface area contributed by atoms with Gasteiger partial charge in [0.15, 0.2) is 5.75 Å². The predicted molar refractivity (Wildman–Crippen MR) is 264 cm³/mol. The van der Waals surface area contributed by atoms with Crippen LogP contribution >= 0.6 is 22.7 Å². The van der Waals surface area contributed by atoms with E-state index in [0.717, 1.165) is 61.7 Å². The number of ether oxygens (including phenoxy) is 4. The number of benzene rings is 4. The smallest absolute Gasteiger partial charge is 0.246 e. The van der Waals surface area contributed by atoms with Gasteiger partial charge in [-0.2, -0.15) is 0 Å². The van der Waals surface area contributed by atoms with Crippen LogP contribution in [0, 0.1) is 18.2 Å². The number of rotatable bonds is 19. The summed E-state index contributed by atoms with van der Waals surface area (Å²) in [5.41, 5.74) is 4.83. The van der Waals surface area contributed by atoms with E-state index in [2.05, 4.69) is 20.5 Å². The van der Waals surface area contributed by atoms with Crippen molar-refractivity contribution in [3.63, 3.8) is 0 Å². The number of thiazole rings is 1. The molecule has 4 heterocycles. The Labute approximate surface area is 409 Å². The van der Waals surface area contributed by atoms with Crippen LogP contribution in [0.3, 0.4) is 0 Å². The van der Waals surface area contributed by atoms with Crippen molar-refractivity contribution in [1.29, 1.82) is 0 Å². The van der Waals surface area contributed by atoms with E-state index in [-0.39, 0.29) is 56.3 Å². The minimum Gasteiger partial charge on any atom is -0.508 e. The SMILES string of the molecule is Cc1ncsc1-c1ccc(CNC(=O)[C@@H]2C[C@@H](O)CN2C(=O)[C@@H](NC(=O)COCCO[C@H]2CCN(CCOc3ccc(Oc4c(-c5ccc(F)cc5)sc5cc(O)ccc45)cc3)C2)C(C)(C)C)cc1. The molecular formula is C52H58FN5O9S2. The molecule has 2 fully saturated rings. The summed E-state index contributed by atoms with van der Waals surface area (Å²) in [4.78, 5) is 50.5. The molecule has 6 aromatic rings. The highest BCUT2D eigenvalue weighted by atomic mass is 32.1. The van der Waals surface area contributed by atoms with Crippen LogP contribution in [0.15, 0.2) is 96.5 Å². The first-order chi connectivity index (χ1) is 33.2. The van der Waals surface area contributed by atoms with Crippen LogP contribution in [0.25, 0.3) is 31.0 Å². The van der Waals surface area contributed by atoms with Crippen molar-refractivity contribution in [2.45, 2.75) is 71.4 Å². The van der Waals surface area contributed by atoms with E-state index in [1.807, 2.05) is 87.8 Å².